The zero-order valence-electron chi connectivity index (χ0n) is 15.6. The van der Waals surface area contributed by atoms with Crippen LogP contribution in [0.25, 0.3) is 0 Å². The third-order valence-electron chi connectivity index (χ3n) is 4.14. The van der Waals surface area contributed by atoms with Crippen LogP contribution < -0.4 is 5.32 Å². The zero-order valence-corrected chi connectivity index (χ0v) is 16.3. The monoisotopic (exact) mass is 369 g/mol. The highest BCUT2D eigenvalue weighted by Gasteiger charge is 2.28. The minimum atomic E-state index is -0.548. The van der Waals surface area contributed by atoms with E-state index >= 15 is 0 Å². The van der Waals surface area contributed by atoms with Gasteiger partial charge in [-0.2, -0.15) is 0 Å². The second-order valence-electron chi connectivity index (χ2n) is 6.57. The van der Waals surface area contributed by atoms with Gasteiger partial charge >= 0.3 is 0 Å². The molecule has 0 unspecified atom stereocenters. The number of carbonyl (C=O) groups is 1. The van der Waals surface area contributed by atoms with Crippen molar-refractivity contribution in [3.63, 3.8) is 0 Å². The van der Waals surface area contributed by atoms with E-state index in [0.717, 1.165) is 37.3 Å². The van der Waals surface area contributed by atoms with Gasteiger partial charge in [-0.05, 0) is 32.3 Å². The lowest BCUT2D eigenvalue weighted by molar-refractivity contribution is -0.125. The highest BCUT2D eigenvalue weighted by molar-refractivity contribution is 6.17. The largest absolute Gasteiger partial charge is 0.379 e. The minimum absolute atomic E-state index is 0.00972. The van der Waals surface area contributed by atoms with Crippen molar-refractivity contribution in [2.45, 2.75) is 44.9 Å². The van der Waals surface area contributed by atoms with Gasteiger partial charge in [-0.3, -0.25) is 4.79 Å². The second kappa shape index (κ2) is 13.2. The number of carbonyl (C=O) groups excluding carboxylic acids is 1. The first kappa shape index (κ1) is 21.9. The fourth-order valence-corrected chi connectivity index (χ4v) is 2.61. The summed E-state index contributed by atoms with van der Waals surface area (Å²) < 4.78 is 11.0. The lowest BCUT2D eigenvalue weighted by Gasteiger charge is -2.24. The number of nitrogens with one attached hydrogen (secondary N) is 1. The number of ether oxygens (including phenoxy) is 2. The van der Waals surface area contributed by atoms with E-state index in [-0.39, 0.29) is 5.91 Å². The van der Waals surface area contributed by atoms with Crippen LogP contribution >= 0.6 is 11.6 Å². The van der Waals surface area contributed by atoms with Crippen molar-refractivity contribution in [1.82, 2.24) is 5.32 Å². The molecule has 25 heavy (non-hydrogen) atoms. The van der Waals surface area contributed by atoms with Gasteiger partial charge < -0.3 is 14.8 Å². The van der Waals surface area contributed by atoms with Crippen LogP contribution in [0.3, 0.4) is 0 Å². The van der Waals surface area contributed by atoms with E-state index in [1.54, 1.807) is 0 Å². The number of halogens is 1. The van der Waals surface area contributed by atoms with Gasteiger partial charge in [-0.15, -0.1) is 11.6 Å². The number of benzene rings is 1. The maximum absolute atomic E-state index is 12.3. The van der Waals surface area contributed by atoms with E-state index < -0.39 is 5.41 Å². The molecule has 0 aliphatic carbocycles. The molecule has 0 heterocycles. The van der Waals surface area contributed by atoms with Crippen molar-refractivity contribution < 1.29 is 14.3 Å². The first-order valence-corrected chi connectivity index (χ1v) is 9.67. The van der Waals surface area contributed by atoms with E-state index in [1.165, 1.54) is 6.42 Å². The van der Waals surface area contributed by atoms with Crippen LogP contribution in [0.5, 0.6) is 0 Å². The molecule has 0 bridgehead atoms. The van der Waals surface area contributed by atoms with E-state index in [1.807, 2.05) is 44.2 Å². The summed E-state index contributed by atoms with van der Waals surface area (Å²) in [6.07, 6.45) is 4.48. The smallest absolute Gasteiger partial charge is 0.230 e. The van der Waals surface area contributed by atoms with Gasteiger partial charge in [0.2, 0.25) is 5.91 Å². The Morgan fingerprint density at radius 1 is 0.960 bits per heavy atom. The van der Waals surface area contributed by atoms with Crippen molar-refractivity contribution in [3.8, 4) is 0 Å². The van der Waals surface area contributed by atoms with Gasteiger partial charge in [0.1, 0.15) is 0 Å². The van der Waals surface area contributed by atoms with Crippen LogP contribution in [0.4, 0.5) is 0 Å². The molecule has 1 rings (SSSR count). The van der Waals surface area contributed by atoms with Crippen molar-refractivity contribution in [2.75, 3.05) is 38.9 Å². The molecule has 1 N–H and O–H groups in total. The summed E-state index contributed by atoms with van der Waals surface area (Å²) in [6.45, 7) is 6.79. The van der Waals surface area contributed by atoms with Crippen LogP contribution in [0.15, 0.2) is 30.3 Å². The Hall–Kier alpha value is -1.10. The standard InChI is InChI=1S/C20H32ClNO3/c1-20(2,18-10-6-5-7-11-18)19(23)22-13-15-25-17-16-24-14-9-4-3-8-12-21/h5-7,10-11H,3-4,8-9,12-17H2,1-2H3,(H,22,23). The molecule has 0 radical (unpaired) electrons. The molecule has 4 nitrogen and oxygen atoms in total. The van der Waals surface area contributed by atoms with Crippen LogP contribution in [0, 0.1) is 0 Å². The number of hydrogen-bond acceptors (Lipinski definition) is 3. The lowest BCUT2D eigenvalue weighted by Crippen LogP contribution is -2.41. The average molecular weight is 370 g/mol. The summed E-state index contributed by atoms with van der Waals surface area (Å²) in [5, 5.41) is 2.94. The molecule has 0 fully saturated rings. The van der Waals surface area contributed by atoms with E-state index in [0.29, 0.717) is 26.4 Å². The molecule has 0 aliphatic heterocycles. The Labute approximate surface area is 157 Å². The summed E-state index contributed by atoms with van der Waals surface area (Å²) in [4.78, 5) is 12.3. The quantitative estimate of drug-likeness (QED) is 0.399. The molecule has 0 spiro atoms. The van der Waals surface area contributed by atoms with Gasteiger partial charge in [-0.1, -0.05) is 43.2 Å². The Balaban J connectivity index is 2.01. The maximum atomic E-state index is 12.3. The van der Waals surface area contributed by atoms with Crippen LogP contribution in [-0.2, 0) is 19.7 Å². The summed E-state index contributed by atoms with van der Waals surface area (Å²) in [6, 6.07) is 9.80. The average Bonchev–Trinajstić information content (AvgIpc) is 2.63. The molecule has 0 atom stereocenters. The van der Waals surface area contributed by atoms with Gasteiger partial charge in [-0.25, -0.2) is 0 Å². The zero-order chi connectivity index (χ0) is 18.4. The van der Waals surface area contributed by atoms with Crippen LogP contribution in [0.2, 0.25) is 0 Å². The minimum Gasteiger partial charge on any atom is -0.379 e. The van der Waals surface area contributed by atoms with Gasteiger partial charge in [0.05, 0.1) is 25.2 Å². The van der Waals surface area contributed by atoms with Crippen molar-refractivity contribution >= 4 is 17.5 Å². The lowest BCUT2D eigenvalue weighted by atomic mass is 9.84. The van der Waals surface area contributed by atoms with Gasteiger partial charge in [0.15, 0.2) is 0 Å². The number of hydrogen-bond donors (Lipinski definition) is 1. The van der Waals surface area contributed by atoms with E-state index in [4.69, 9.17) is 21.1 Å². The molecule has 0 saturated carbocycles. The molecular weight excluding hydrogens is 338 g/mol. The summed E-state index contributed by atoms with van der Waals surface area (Å²) in [7, 11) is 0. The molecule has 1 amide bonds. The normalized spacial score (nSPS) is 11.5. The summed E-state index contributed by atoms with van der Waals surface area (Å²) in [5.41, 5.74) is 0.459. The molecular formula is C20H32ClNO3. The van der Waals surface area contributed by atoms with E-state index in [2.05, 4.69) is 5.32 Å². The molecule has 0 saturated heterocycles. The number of amides is 1. The predicted octanol–water partition coefficient (Wildman–Crippen LogP) is 3.91. The van der Waals surface area contributed by atoms with Crippen LogP contribution in [-0.4, -0.2) is 44.8 Å². The molecule has 0 aliphatic rings. The number of unbranched alkanes of at least 4 members (excludes halogenated alkanes) is 3. The highest BCUT2D eigenvalue weighted by atomic mass is 35.5. The number of alkyl halides is 1. The van der Waals surface area contributed by atoms with Crippen molar-refractivity contribution in [3.05, 3.63) is 35.9 Å². The number of rotatable bonds is 14. The van der Waals surface area contributed by atoms with Crippen LogP contribution in [0.1, 0.15) is 45.1 Å². The SMILES string of the molecule is CC(C)(C(=O)NCCOCCOCCCCCCCl)c1ccccc1. The maximum Gasteiger partial charge on any atom is 0.230 e. The summed E-state index contributed by atoms with van der Waals surface area (Å²) in [5.74, 6) is 0.754. The highest BCUT2D eigenvalue weighted by Crippen LogP contribution is 2.22. The Morgan fingerprint density at radius 2 is 1.60 bits per heavy atom. The Bertz CT molecular complexity index is 465. The second-order valence-corrected chi connectivity index (χ2v) is 6.95. The molecule has 5 heteroatoms. The molecule has 1 aromatic rings. The molecule has 0 aromatic heterocycles. The summed E-state index contributed by atoms with van der Waals surface area (Å²) >= 11 is 5.63. The Kier molecular flexibility index (Phi) is 11.5. The molecule has 142 valence electrons. The van der Waals surface area contributed by atoms with E-state index in [9.17, 15) is 4.79 Å². The fourth-order valence-electron chi connectivity index (χ4n) is 2.42. The first-order chi connectivity index (χ1) is 12.1. The third kappa shape index (κ3) is 9.24. The molecule has 1 aromatic carbocycles. The topological polar surface area (TPSA) is 47.6 Å². The Morgan fingerprint density at radius 3 is 2.28 bits per heavy atom. The first-order valence-electron chi connectivity index (χ1n) is 9.14. The van der Waals surface area contributed by atoms with Gasteiger partial charge in [0, 0.05) is 19.0 Å². The van der Waals surface area contributed by atoms with Crippen molar-refractivity contribution in [1.29, 1.82) is 0 Å². The fraction of sp³-hybridized carbons (Fsp3) is 0.650. The third-order valence-corrected chi connectivity index (χ3v) is 4.41. The van der Waals surface area contributed by atoms with Gasteiger partial charge in [0.25, 0.3) is 0 Å². The predicted molar refractivity (Wildman–Crippen MR) is 103 cm³/mol. The van der Waals surface area contributed by atoms with Crippen molar-refractivity contribution in [2.24, 2.45) is 0 Å².